The van der Waals surface area contributed by atoms with Crippen molar-refractivity contribution in [1.82, 2.24) is 15.3 Å². The summed E-state index contributed by atoms with van der Waals surface area (Å²) in [5, 5.41) is 8.81. The summed E-state index contributed by atoms with van der Waals surface area (Å²) in [4.78, 5) is 20.7. The van der Waals surface area contributed by atoms with E-state index in [1.165, 1.54) is 24.2 Å². The lowest BCUT2D eigenvalue weighted by Crippen LogP contribution is -2.28. The van der Waals surface area contributed by atoms with Crippen LogP contribution in [0.5, 0.6) is 0 Å². The van der Waals surface area contributed by atoms with E-state index in [9.17, 15) is 4.79 Å². The fourth-order valence-electron chi connectivity index (χ4n) is 2.65. The molecule has 6 heteroatoms. The monoisotopic (exact) mass is 316 g/mol. The minimum absolute atomic E-state index is 0.0560. The van der Waals surface area contributed by atoms with Crippen LogP contribution in [0, 0.1) is 5.92 Å². The molecule has 1 aliphatic rings. The second-order valence-electron chi connectivity index (χ2n) is 5.53. The van der Waals surface area contributed by atoms with Gasteiger partial charge in [0.25, 0.3) is 0 Å². The van der Waals surface area contributed by atoms with Crippen molar-refractivity contribution in [3.63, 3.8) is 0 Å². The first kappa shape index (κ1) is 15.1. The maximum atomic E-state index is 12.0. The predicted molar refractivity (Wildman–Crippen MR) is 88.8 cm³/mol. The molecule has 116 valence electrons. The van der Waals surface area contributed by atoms with E-state index >= 15 is 0 Å². The summed E-state index contributed by atoms with van der Waals surface area (Å²) < 4.78 is 0. The Morgan fingerprint density at radius 1 is 1.32 bits per heavy atom. The first-order valence-electron chi connectivity index (χ1n) is 7.69. The van der Waals surface area contributed by atoms with E-state index in [2.05, 4.69) is 20.6 Å². The first-order chi connectivity index (χ1) is 10.8. The van der Waals surface area contributed by atoms with Crippen LogP contribution in [0.4, 0.5) is 5.13 Å². The number of carbonyl (C=O) groups excluding carboxylic acids is 1. The molecule has 1 saturated heterocycles. The molecule has 0 unspecified atom stereocenters. The van der Waals surface area contributed by atoms with Gasteiger partial charge >= 0.3 is 0 Å². The first-order valence-corrected chi connectivity index (χ1v) is 8.57. The van der Waals surface area contributed by atoms with Gasteiger partial charge in [-0.3, -0.25) is 9.78 Å². The van der Waals surface area contributed by atoms with Gasteiger partial charge in [-0.25, -0.2) is 4.98 Å². The minimum Gasteiger partial charge on any atom is -0.317 e. The topological polar surface area (TPSA) is 66.9 Å². The Bertz CT molecular complexity index is 608. The highest BCUT2D eigenvalue weighted by Crippen LogP contribution is 2.24. The molecule has 1 amide bonds. The van der Waals surface area contributed by atoms with Crippen LogP contribution in [0.25, 0.3) is 11.4 Å². The standard InChI is InChI=1S/C16H20N4OS/c21-15(5-4-12-6-9-17-10-7-12)20-16-19-14(11-22-16)13-3-1-2-8-18-13/h1-3,8,11-12,17H,4-7,9-10H2,(H,19,20,21). The van der Waals surface area contributed by atoms with Gasteiger partial charge in [0, 0.05) is 18.0 Å². The Balaban J connectivity index is 1.50. The average Bonchev–Trinajstić information content (AvgIpc) is 3.03. The van der Waals surface area contributed by atoms with E-state index < -0.39 is 0 Å². The van der Waals surface area contributed by atoms with Gasteiger partial charge in [-0.1, -0.05) is 6.07 Å². The van der Waals surface area contributed by atoms with Crippen LogP contribution in [0.15, 0.2) is 29.8 Å². The molecule has 1 fully saturated rings. The summed E-state index contributed by atoms with van der Waals surface area (Å²) in [5.41, 5.74) is 1.63. The van der Waals surface area contributed by atoms with E-state index in [4.69, 9.17) is 0 Å². The summed E-state index contributed by atoms with van der Waals surface area (Å²) in [6.07, 6.45) is 5.63. The van der Waals surface area contributed by atoms with Gasteiger partial charge in [-0.2, -0.15) is 0 Å². The smallest absolute Gasteiger partial charge is 0.226 e. The van der Waals surface area contributed by atoms with Gasteiger partial charge in [0.15, 0.2) is 5.13 Å². The van der Waals surface area contributed by atoms with Crippen molar-refractivity contribution in [3.05, 3.63) is 29.8 Å². The van der Waals surface area contributed by atoms with Crippen molar-refractivity contribution in [1.29, 1.82) is 0 Å². The molecule has 0 bridgehead atoms. The summed E-state index contributed by atoms with van der Waals surface area (Å²) in [6.45, 7) is 2.15. The van der Waals surface area contributed by atoms with Gasteiger partial charge in [-0.05, 0) is 50.4 Å². The highest BCUT2D eigenvalue weighted by molar-refractivity contribution is 7.14. The lowest BCUT2D eigenvalue weighted by Gasteiger charge is -2.21. The van der Waals surface area contributed by atoms with E-state index in [1.54, 1.807) is 6.20 Å². The Labute approximate surface area is 134 Å². The third-order valence-electron chi connectivity index (χ3n) is 3.92. The molecule has 0 aromatic carbocycles. The van der Waals surface area contributed by atoms with E-state index in [0.717, 1.165) is 30.9 Å². The largest absolute Gasteiger partial charge is 0.317 e. The third-order valence-corrected chi connectivity index (χ3v) is 4.67. The number of pyridine rings is 1. The van der Waals surface area contributed by atoms with Crippen LogP contribution < -0.4 is 10.6 Å². The Morgan fingerprint density at radius 2 is 2.18 bits per heavy atom. The number of nitrogens with zero attached hydrogens (tertiary/aromatic N) is 2. The maximum Gasteiger partial charge on any atom is 0.226 e. The Hall–Kier alpha value is -1.79. The van der Waals surface area contributed by atoms with Crippen LogP contribution in [-0.2, 0) is 4.79 Å². The van der Waals surface area contributed by atoms with Crippen molar-refractivity contribution < 1.29 is 4.79 Å². The molecule has 2 aromatic rings. The predicted octanol–water partition coefficient (Wildman–Crippen LogP) is 2.92. The van der Waals surface area contributed by atoms with Crippen molar-refractivity contribution in [3.8, 4) is 11.4 Å². The highest BCUT2D eigenvalue weighted by atomic mass is 32.1. The summed E-state index contributed by atoms with van der Waals surface area (Å²) in [7, 11) is 0. The van der Waals surface area contributed by atoms with Crippen molar-refractivity contribution in [2.45, 2.75) is 25.7 Å². The molecule has 1 aliphatic heterocycles. The van der Waals surface area contributed by atoms with Crippen LogP contribution in [0.1, 0.15) is 25.7 Å². The molecule has 0 radical (unpaired) electrons. The van der Waals surface area contributed by atoms with Gasteiger partial charge < -0.3 is 10.6 Å². The van der Waals surface area contributed by atoms with Crippen molar-refractivity contribution in [2.24, 2.45) is 5.92 Å². The zero-order valence-electron chi connectivity index (χ0n) is 12.4. The van der Waals surface area contributed by atoms with E-state index in [1.807, 2.05) is 23.6 Å². The number of thiazole rings is 1. The molecule has 3 heterocycles. The van der Waals surface area contributed by atoms with E-state index in [-0.39, 0.29) is 5.91 Å². The molecular weight excluding hydrogens is 296 g/mol. The number of piperidine rings is 1. The molecule has 22 heavy (non-hydrogen) atoms. The average molecular weight is 316 g/mol. The SMILES string of the molecule is O=C(CCC1CCNCC1)Nc1nc(-c2ccccn2)cs1. The number of carbonyl (C=O) groups is 1. The molecule has 2 N–H and O–H groups in total. The number of hydrogen-bond acceptors (Lipinski definition) is 5. The fourth-order valence-corrected chi connectivity index (χ4v) is 3.37. The molecule has 3 rings (SSSR count). The zero-order chi connectivity index (χ0) is 15.2. The molecule has 5 nitrogen and oxygen atoms in total. The normalized spacial score (nSPS) is 15.6. The number of rotatable bonds is 5. The fraction of sp³-hybridized carbons (Fsp3) is 0.438. The molecule has 2 aromatic heterocycles. The maximum absolute atomic E-state index is 12.0. The van der Waals surface area contributed by atoms with Gasteiger partial charge in [-0.15, -0.1) is 11.3 Å². The molecule has 0 atom stereocenters. The summed E-state index contributed by atoms with van der Waals surface area (Å²) in [6, 6.07) is 5.72. The Morgan fingerprint density at radius 3 is 2.95 bits per heavy atom. The third kappa shape index (κ3) is 4.11. The molecule has 0 aliphatic carbocycles. The molecule has 0 saturated carbocycles. The van der Waals surface area contributed by atoms with Crippen LogP contribution in [-0.4, -0.2) is 29.0 Å². The number of anilines is 1. The second kappa shape index (κ2) is 7.47. The number of amides is 1. The second-order valence-corrected chi connectivity index (χ2v) is 6.39. The minimum atomic E-state index is 0.0560. The molecular formula is C16H20N4OS. The lowest BCUT2D eigenvalue weighted by atomic mass is 9.93. The quantitative estimate of drug-likeness (QED) is 0.890. The summed E-state index contributed by atoms with van der Waals surface area (Å²) in [5.74, 6) is 0.729. The zero-order valence-corrected chi connectivity index (χ0v) is 13.2. The van der Waals surface area contributed by atoms with Gasteiger partial charge in [0.1, 0.15) is 5.69 Å². The summed E-state index contributed by atoms with van der Waals surface area (Å²) >= 11 is 1.44. The van der Waals surface area contributed by atoms with E-state index in [0.29, 0.717) is 17.5 Å². The van der Waals surface area contributed by atoms with Gasteiger partial charge in [0.2, 0.25) is 5.91 Å². The van der Waals surface area contributed by atoms with Crippen LogP contribution >= 0.6 is 11.3 Å². The number of aromatic nitrogens is 2. The lowest BCUT2D eigenvalue weighted by molar-refractivity contribution is -0.116. The molecule has 0 spiro atoms. The number of hydrogen-bond donors (Lipinski definition) is 2. The van der Waals surface area contributed by atoms with Crippen molar-refractivity contribution >= 4 is 22.4 Å². The van der Waals surface area contributed by atoms with Crippen LogP contribution in [0.3, 0.4) is 0 Å². The highest BCUT2D eigenvalue weighted by Gasteiger charge is 2.15. The van der Waals surface area contributed by atoms with Crippen molar-refractivity contribution in [2.75, 3.05) is 18.4 Å². The number of nitrogens with one attached hydrogen (secondary N) is 2. The Kier molecular flexibility index (Phi) is 5.13. The van der Waals surface area contributed by atoms with Gasteiger partial charge in [0.05, 0.1) is 5.69 Å². The van der Waals surface area contributed by atoms with Crippen LogP contribution in [0.2, 0.25) is 0 Å².